The maximum Gasteiger partial charge on any atom is 0.143 e. The number of nitrogens with zero attached hydrogens (tertiary/aromatic N) is 1. The number of nitrogens with one attached hydrogen (secondary N) is 1. The van der Waals surface area contributed by atoms with Gasteiger partial charge in [-0.05, 0) is 24.3 Å². The zero-order chi connectivity index (χ0) is 12.7. The lowest BCUT2D eigenvalue weighted by Gasteiger charge is -2.01. The van der Waals surface area contributed by atoms with Gasteiger partial charge in [0.25, 0.3) is 0 Å². The van der Waals surface area contributed by atoms with Crippen LogP contribution in [0.15, 0.2) is 36.4 Å². The quantitative estimate of drug-likeness (QED) is 0.654. The maximum atomic E-state index is 9.81. The molecule has 2 N–H and O–H groups in total. The zero-order valence-electron chi connectivity index (χ0n) is 9.11. The van der Waals surface area contributed by atoms with Crippen LogP contribution in [-0.2, 0) is 0 Å². The van der Waals surface area contributed by atoms with Crippen molar-refractivity contribution in [2.45, 2.75) is 0 Å². The molecule has 2 heterocycles. The van der Waals surface area contributed by atoms with Crippen LogP contribution in [0.5, 0.6) is 5.75 Å². The minimum absolute atomic E-state index is 0.0714. The van der Waals surface area contributed by atoms with Crippen LogP contribution in [-0.4, -0.2) is 15.1 Å². The summed E-state index contributed by atoms with van der Waals surface area (Å²) in [5.41, 5.74) is 1.91. The first kappa shape index (κ1) is 11.4. The molecule has 0 aliphatic heterocycles. The van der Waals surface area contributed by atoms with E-state index in [-0.39, 0.29) is 5.75 Å². The highest BCUT2D eigenvalue weighted by atomic mass is 35.5. The smallest absolute Gasteiger partial charge is 0.143 e. The van der Waals surface area contributed by atoms with Crippen LogP contribution >= 0.6 is 23.2 Å². The summed E-state index contributed by atoms with van der Waals surface area (Å²) in [7, 11) is 0. The van der Waals surface area contributed by atoms with Crippen molar-refractivity contribution in [3.8, 4) is 17.1 Å². The summed E-state index contributed by atoms with van der Waals surface area (Å²) >= 11 is 11.9. The van der Waals surface area contributed by atoms with Gasteiger partial charge in [-0.1, -0.05) is 35.3 Å². The number of aromatic amines is 1. The van der Waals surface area contributed by atoms with Gasteiger partial charge in [0.1, 0.15) is 16.6 Å². The third kappa shape index (κ3) is 1.82. The van der Waals surface area contributed by atoms with E-state index in [0.717, 1.165) is 10.9 Å². The molecular weight excluding hydrogens is 271 g/mol. The third-order valence-corrected chi connectivity index (χ3v) is 3.23. The average Bonchev–Trinajstić information content (AvgIpc) is 2.77. The maximum absolute atomic E-state index is 9.81. The Balaban J connectivity index is 2.26. The van der Waals surface area contributed by atoms with Crippen molar-refractivity contribution in [3.05, 3.63) is 46.6 Å². The predicted octanol–water partition coefficient (Wildman–Crippen LogP) is 4.24. The van der Waals surface area contributed by atoms with Gasteiger partial charge >= 0.3 is 0 Å². The summed E-state index contributed by atoms with van der Waals surface area (Å²) in [5.74, 6) is 0.0714. The molecule has 0 aliphatic rings. The van der Waals surface area contributed by atoms with E-state index in [2.05, 4.69) is 9.97 Å². The van der Waals surface area contributed by atoms with Gasteiger partial charge in [0.2, 0.25) is 0 Å². The molecule has 0 unspecified atom stereocenters. The molecule has 0 atom stereocenters. The predicted molar refractivity (Wildman–Crippen MR) is 73.2 cm³/mol. The van der Waals surface area contributed by atoms with Crippen LogP contribution in [0.3, 0.4) is 0 Å². The van der Waals surface area contributed by atoms with E-state index in [1.807, 2.05) is 18.2 Å². The van der Waals surface area contributed by atoms with Crippen LogP contribution in [0.25, 0.3) is 22.3 Å². The van der Waals surface area contributed by atoms with Gasteiger partial charge in [-0.2, -0.15) is 0 Å². The molecule has 0 radical (unpaired) electrons. The number of aromatic hydroxyl groups is 1. The Kier molecular flexibility index (Phi) is 2.65. The fourth-order valence-electron chi connectivity index (χ4n) is 1.87. The number of H-pyrrole nitrogens is 1. The van der Waals surface area contributed by atoms with E-state index in [9.17, 15) is 5.11 Å². The highest BCUT2D eigenvalue weighted by Gasteiger charge is 2.11. The summed E-state index contributed by atoms with van der Waals surface area (Å²) < 4.78 is 0. The van der Waals surface area contributed by atoms with Crippen LogP contribution in [0.1, 0.15) is 0 Å². The second kappa shape index (κ2) is 4.19. The second-order valence-corrected chi connectivity index (χ2v) is 4.68. The average molecular weight is 279 g/mol. The Morgan fingerprint density at radius 1 is 1.11 bits per heavy atom. The second-order valence-electron chi connectivity index (χ2n) is 3.89. The lowest BCUT2D eigenvalue weighted by molar-refractivity contribution is 0.475. The summed E-state index contributed by atoms with van der Waals surface area (Å²) in [6.45, 7) is 0. The van der Waals surface area contributed by atoms with Gasteiger partial charge in [-0.3, -0.25) is 0 Å². The Bertz CT molecular complexity index is 737. The highest BCUT2D eigenvalue weighted by Crippen LogP contribution is 2.32. The number of rotatable bonds is 1. The largest absolute Gasteiger partial charge is 0.506 e. The van der Waals surface area contributed by atoms with E-state index in [4.69, 9.17) is 23.2 Å². The number of fused-ring (bicyclic) bond motifs is 1. The Morgan fingerprint density at radius 3 is 2.72 bits per heavy atom. The van der Waals surface area contributed by atoms with Gasteiger partial charge in [-0.25, -0.2) is 4.98 Å². The van der Waals surface area contributed by atoms with Crippen molar-refractivity contribution in [2.75, 3.05) is 0 Å². The molecule has 1 aromatic carbocycles. The number of pyridine rings is 1. The number of aromatic nitrogens is 2. The number of halogens is 2. The zero-order valence-corrected chi connectivity index (χ0v) is 10.6. The molecule has 5 heteroatoms. The normalized spacial score (nSPS) is 11.0. The number of benzene rings is 1. The summed E-state index contributed by atoms with van der Waals surface area (Å²) in [5, 5.41) is 11.7. The molecule has 3 nitrogen and oxygen atoms in total. The lowest BCUT2D eigenvalue weighted by Crippen LogP contribution is -1.85. The molecule has 0 bridgehead atoms. The van der Waals surface area contributed by atoms with Crippen LogP contribution in [0.4, 0.5) is 0 Å². The molecule has 0 fully saturated rings. The summed E-state index contributed by atoms with van der Waals surface area (Å²) in [4.78, 5) is 7.24. The van der Waals surface area contributed by atoms with Crippen LogP contribution in [0, 0.1) is 0 Å². The van der Waals surface area contributed by atoms with E-state index in [1.54, 1.807) is 6.07 Å². The molecule has 0 amide bonds. The van der Waals surface area contributed by atoms with Gasteiger partial charge in [0.05, 0.1) is 16.2 Å². The molecule has 0 spiro atoms. The van der Waals surface area contributed by atoms with Crippen LogP contribution in [0.2, 0.25) is 10.2 Å². The fourth-order valence-corrected chi connectivity index (χ4v) is 2.25. The Morgan fingerprint density at radius 2 is 1.94 bits per heavy atom. The number of para-hydroxylation sites is 1. The molecule has 0 saturated carbocycles. The molecule has 90 valence electrons. The van der Waals surface area contributed by atoms with E-state index >= 15 is 0 Å². The molecule has 3 rings (SSSR count). The van der Waals surface area contributed by atoms with E-state index in [0.29, 0.717) is 21.6 Å². The molecule has 0 saturated heterocycles. The van der Waals surface area contributed by atoms with Crippen molar-refractivity contribution in [3.63, 3.8) is 0 Å². The van der Waals surface area contributed by atoms with Crippen molar-refractivity contribution < 1.29 is 5.11 Å². The van der Waals surface area contributed by atoms with Crippen molar-refractivity contribution in [1.29, 1.82) is 0 Å². The SMILES string of the molecule is Oc1ccc(Cl)nc1-c1cc2cccc(Cl)c2[nH]1. The van der Waals surface area contributed by atoms with Gasteiger partial charge < -0.3 is 10.1 Å². The standard InChI is InChI=1S/C13H8Cl2N2O/c14-8-3-1-2-7-6-9(16-12(7)8)13-10(18)4-5-11(15)17-13/h1-6,16,18H. The summed E-state index contributed by atoms with van der Waals surface area (Å²) in [6.07, 6.45) is 0. The van der Waals surface area contributed by atoms with Gasteiger partial charge in [0.15, 0.2) is 0 Å². The third-order valence-electron chi connectivity index (χ3n) is 2.70. The monoisotopic (exact) mass is 278 g/mol. The van der Waals surface area contributed by atoms with Crippen molar-refractivity contribution >= 4 is 34.1 Å². The molecule has 0 aliphatic carbocycles. The fraction of sp³-hybridized carbons (Fsp3) is 0. The minimum atomic E-state index is 0.0714. The Hall–Kier alpha value is -1.71. The first-order valence-corrected chi connectivity index (χ1v) is 6.04. The van der Waals surface area contributed by atoms with Crippen molar-refractivity contribution in [2.24, 2.45) is 0 Å². The first-order chi connectivity index (χ1) is 8.65. The van der Waals surface area contributed by atoms with Gasteiger partial charge in [0, 0.05) is 5.39 Å². The highest BCUT2D eigenvalue weighted by molar-refractivity contribution is 6.35. The minimum Gasteiger partial charge on any atom is -0.506 e. The number of hydrogen-bond acceptors (Lipinski definition) is 2. The van der Waals surface area contributed by atoms with E-state index < -0.39 is 0 Å². The topological polar surface area (TPSA) is 48.9 Å². The number of hydrogen-bond donors (Lipinski definition) is 2. The Labute approximate surface area is 113 Å². The first-order valence-electron chi connectivity index (χ1n) is 5.28. The molecule has 2 aromatic heterocycles. The van der Waals surface area contributed by atoms with Gasteiger partial charge in [-0.15, -0.1) is 0 Å². The molecule has 3 aromatic rings. The van der Waals surface area contributed by atoms with Crippen LogP contribution < -0.4 is 0 Å². The molecule has 18 heavy (non-hydrogen) atoms. The molecular formula is C13H8Cl2N2O. The summed E-state index contributed by atoms with van der Waals surface area (Å²) in [6, 6.07) is 10.5. The van der Waals surface area contributed by atoms with Crippen molar-refractivity contribution in [1.82, 2.24) is 9.97 Å². The van der Waals surface area contributed by atoms with E-state index in [1.165, 1.54) is 12.1 Å². The lowest BCUT2D eigenvalue weighted by atomic mass is 10.2.